The summed E-state index contributed by atoms with van der Waals surface area (Å²) in [5.74, 6) is 1.72. The number of anilines is 2. The third-order valence-electron chi connectivity index (χ3n) is 3.15. The van der Waals surface area contributed by atoms with E-state index in [1.165, 1.54) is 0 Å². The molecule has 1 heterocycles. The molecular formula is C15H22N4. The van der Waals surface area contributed by atoms with Gasteiger partial charge in [-0.3, -0.25) is 0 Å². The quantitative estimate of drug-likeness (QED) is 0.893. The van der Waals surface area contributed by atoms with Crippen LogP contribution in [0.1, 0.15) is 27.7 Å². The number of hydrogen-bond acceptors (Lipinski definition) is 4. The van der Waals surface area contributed by atoms with Crippen LogP contribution in [-0.4, -0.2) is 29.1 Å². The summed E-state index contributed by atoms with van der Waals surface area (Å²) < 4.78 is 0. The Morgan fingerprint density at radius 1 is 1.16 bits per heavy atom. The number of benzene rings is 1. The van der Waals surface area contributed by atoms with Crippen LogP contribution in [0.3, 0.4) is 0 Å². The zero-order chi connectivity index (χ0) is 13.8. The van der Waals surface area contributed by atoms with Crippen molar-refractivity contribution in [3.63, 3.8) is 0 Å². The molecular weight excluding hydrogens is 236 g/mol. The Hall–Kier alpha value is -1.84. The molecule has 0 radical (unpaired) electrons. The van der Waals surface area contributed by atoms with Crippen molar-refractivity contribution >= 4 is 22.7 Å². The summed E-state index contributed by atoms with van der Waals surface area (Å²) in [6.07, 6.45) is 0. The van der Waals surface area contributed by atoms with Crippen LogP contribution in [0.15, 0.2) is 24.3 Å². The van der Waals surface area contributed by atoms with E-state index < -0.39 is 0 Å². The first-order chi connectivity index (χ1) is 9.17. The number of para-hydroxylation sites is 1. The normalized spacial score (nSPS) is 11.0. The minimum Gasteiger partial charge on any atom is -0.354 e. The lowest BCUT2D eigenvalue weighted by Gasteiger charge is -2.27. The second-order valence-corrected chi connectivity index (χ2v) is 4.80. The molecule has 2 rings (SSSR count). The van der Waals surface area contributed by atoms with E-state index in [1.54, 1.807) is 0 Å². The summed E-state index contributed by atoms with van der Waals surface area (Å²) in [4.78, 5) is 11.5. The third-order valence-corrected chi connectivity index (χ3v) is 3.15. The lowest BCUT2D eigenvalue weighted by atomic mass is 10.2. The molecule has 0 fully saturated rings. The molecule has 0 amide bonds. The number of rotatable bonds is 5. The second kappa shape index (κ2) is 5.87. The SMILES string of the molecule is CCNc1nc(N(CC)C(C)C)c2ccccc2n1. The van der Waals surface area contributed by atoms with Crippen LogP contribution in [0, 0.1) is 0 Å². The molecule has 19 heavy (non-hydrogen) atoms. The molecule has 2 aromatic rings. The lowest BCUT2D eigenvalue weighted by molar-refractivity contribution is 0.696. The van der Waals surface area contributed by atoms with Crippen LogP contribution in [-0.2, 0) is 0 Å². The van der Waals surface area contributed by atoms with E-state index in [0.29, 0.717) is 12.0 Å². The van der Waals surface area contributed by atoms with Crippen molar-refractivity contribution in [1.29, 1.82) is 0 Å². The molecule has 0 spiro atoms. The molecule has 0 unspecified atom stereocenters. The van der Waals surface area contributed by atoms with Crippen molar-refractivity contribution in [2.75, 3.05) is 23.3 Å². The smallest absolute Gasteiger partial charge is 0.225 e. The first-order valence-corrected chi connectivity index (χ1v) is 6.94. The zero-order valence-corrected chi connectivity index (χ0v) is 12.1. The number of fused-ring (bicyclic) bond motifs is 1. The van der Waals surface area contributed by atoms with Crippen LogP contribution in [0.25, 0.3) is 10.9 Å². The Bertz CT molecular complexity index is 551. The van der Waals surface area contributed by atoms with Gasteiger partial charge in [0.2, 0.25) is 5.95 Å². The third kappa shape index (κ3) is 2.78. The van der Waals surface area contributed by atoms with Gasteiger partial charge in [0.1, 0.15) is 5.82 Å². The van der Waals surface area contributed by atoms with Crippen LogP contribution in [0.5, 0.6) is 0 Å². The number of hydrogen-bond donors (Lipinski definition) is 1. The average molecular weight is 258 g/mol. The standard InChI is InChI=1S/C15H22N4/c1-5-16-15-17-13-10-8-7-9-12(13)14(18-15)19(6-2)11(3)4/h7-11H,5-6H2,1-4H3,(H,16,17,18). The zero-order valence-electron chi connectivity index (χ0n) is 12.1. The summed E-state index contributed by atoms with van der Waals surface area (Å²) >= 11 is 0. The molecule has 102 valence electrons. The first-order valence-electron chi connectivity index (χ1n) is 6.94. The van der Waals surface area contributed by atoms with E-state index in [4.69, 9.17) is 0 Å². The molecule has 1 aromatic heterocycles. The molecule has 0 bridgehead atoms. The van der Waals surface area contributed by atoms with Crippen LogP contribution < -0.4 is 10.2 Å². The minimum absolute atomic E-state index is 0.415. The van der Waals surface area contributed by atoms with E-state index >= 15 is 0 Å². The van der Waals surface area contributed by atoms with E-state index in [1.807, 2.05) is 18.2 Å². The van der Waals surface area contributed by atoms with Gasteiger partial charge in [-0.1, -0.05) is 12.1 Å². The predicted molar refractivity (Wildman–Crippen MR) is 81.9 cm³/mol. The van der Waals surface area contributed by atoms with E-state index in [2.05, 4.69) is 53.9 Å². The van der Waals surface area contributed by atoms with Crippen LogP contribution >= 0.6 is 0 Å². The Kier molecular flexibility index (Phi) is 4.20. The summed E-state index contributed by atoms with van der Waals surface area (Å²) in [6.45, 7) is 10.3. The average Bonchev–Trinajstić information content (AvgIpc) is 2.39. The van der Waals surface area contributed by atoms with E-state index in [-0.39, 0.29) is 0 Å². The first kappa shape index (κ1) is 13.6. The Morgan fingerprint density at radius 2 is 1.89 bits per heavy atom. The molecule has 1 aromatic carbocycles. The maximum Gasteiger partial charge on any atom is 0.225 e. The van der Waals surface area contributed by atoms with Gasteiger partial charge in [0.05, 0.1) is 5.52 Å². The Labute approximate surface area is 114 Å². The van der Waals surface area contributed by atoms with Gasteiger partial charge < -0.3 is 10.2 Å². The van der Waals surface area contributed by atoms with Crippen LogP contribution in [0.2, 0.25) is 0 Å². The molecule has 1 N–H and O–H groups in total. The summed E-state index contributed by atoms with van der Waals surface area (Å²) in [5, 5.41) is 4.32. The molecule has 0 aliphatic carbocycles. The van der Waals surface area contributed by atoms with Crippen molar-refractivity contribution in [3.8, 4) is 0 Å². The fraction of sp³-hybridized carbons (Fsp3) is 0.467. The van der Waals surface area contributed by atoms with E-state index in [0.717, 1.165) is 29.8 Å². The molecule has 0 saturated carbocycles. The van der Waals surface area contributed by atoms with Gasteiger partial charge in [0, 0.05) is 24.5 Å². The van der Waals surface area contributed by atoms with Crippen molar-refractivity contribution < 1.29 is 0 Å². The second-order valence-electron chi connectivity index (χ2n) is 4.80. The summed E-state index contributed by atoms with van der Waals surface area (Å²) in [5.41, 5.74) is 0.988. The fourth-order valence-corrected chi connectivity index (χ4v) is 2.28. The van der Waals surface area contributed by atoms with Crippen molar-refractivity contribution in [2.45, 2.75) is 33.7 Å². The Morgan fingerprint density at radius 3 is 2.53 bits per heavy atom. The number of nitrogens with one attached hydrogen (secondary N) is 1. The van der Waals surface area contributed by atoms with Crippen molar-refractivity contribution in [3.05, 3.63) is 24.3 Å². The van der Waals surface area contributed by atoms with Crippen molar-refractivity contribution in [2.24, 2.45) is 0 Å². The van der Waals surface area contributed by atoms with Gasteiger partial charge in [-0.15, -0.1) is 0 Å². The van der Waals surface area contributed by atoms with Gasteiger partial charge in [-0.05, 0) is 39.8 Å². The van der Waals surface area contributed by atoms with Gasteiger partial charge in [0.25, 0.3) is 0 Å². The maximum atomic E-state index is 4.69. The largest absolute Gasteiger partial charge is 0.354 e. The highest BCUT2D eigenvalue weighted by atomic mass is 15.2. The monoisotopic (exact) mass is 258 g/mol. The molecule has 0 aliphatic heterocycles. The van der Waals surface area contributed by atoms with Gasteiger partial charge in [0.15, 0.2) is 0 Å². The van der Waals surface area contributed by atoms with Crippen LogP contribution in [0.4, 0.5) is 11.8 Å². The van der Waals surface area contributed by atoms with Gasteiger partial charge >= 0.3 is 0 Å². The maximum absolute atomic E-state index is 4.69. The Balaban J connectivity index is 2.61. The van der Waals surface area contributed by atoms with Gasteiger partial charge in [-0.2, -0.15) is 4.98 Å². The molecule has 0 aliphatic rings. The van der Waals surface area contributed by atoms with E-state index in [9.17, 15) is 0 Å². The van der Waals surface area contributed by atoms with Crippen molar-refractivity contribution in [1.82, 2.24) is 9.97 Å². The highest BCUT2D eigenvalue weighted by Crippen LogP contribution is 2.26. The summed E-state index contributed by atoms with van der Waals surface area (Å²) in [6, 6.07) is 8.59. The van der Waals surface area contributed by atoms with Gasteiger partial charge in [-0.25, -0.2) is 4.98 Å². The highest BCUT2D eigenvalue weighted by Gasteiger charge is 2.15. The molecule has 4 nitrogen and oxygen atoms in total. The highest BCUT2D eigenvalue weighted by molar-refractivity contribution is 5.90. The molecule has 0 saturated heterocycles. The number of nitrogens with zero attached hydrogens (tertiary/aromatic N) is 3. The topological polar surface area (TPSA) is 41.1 Å². The molecule has 4 heteroatoms. The summed E-state index contributed by atoms with van der Waals surface area (Å²) in [7, 11) is 0. The lowest BCUT2D eigenvalue weighted by Crippen LogP contribution is -2.31. The molecule has 0 atom stereocenters. The number of aromatic nitrogens is 2. The fourth-order valence-electron chi connectivity index (χ4n) is 2.28. The predicted octanol–water partition coefficient (Wildman–Crippen LogP) is 3.30. The minimum atomic E-state index is 0.415.